The maximum atomic E-state index is 13.9. The standard InChI is InChI=1S/C15H13F3N2O/c1-7-4-12(17)13(6-11(7)16)20-15(21)10-5-9(19)3-8(2)14(10)18/h3-6H,19H2,1-2H3,(H,20,21). The predicted octanol–water partition coefficient (Wildman–Crippen LogP) is 3.56. The molecule has 0 aliphatic heterocycles. The van der Waals surface area contributed by atoms with Crippen LogP contribution in [0.15, 0.2) is 24.3 Å². The molecule has 3 N–H and O–H groups in total. The van der Waals surface area contributed by atoms with E-state index in [4.69, 9.17) is 5.73 Å². The summed E-state index contributed by atoms with van der Waals surface area (Å²) in [6, 6.07) is 4.31. The molecule has 21 heavy (non-hydrogen) atoms. The van der Waals surface area contributed by atoms with E-state index in [0.29, 0.717) is 0 Å². The van der Waals surface area contributed by atoms with E-state index in [1.807, 2.05) is 0 Å². The van der Waals surface area contributed by atoms with Gasteiger partial charge in [0.25, 0.3) is 5.91 Å². The minimum Gasteiger partial charge on any atom is -0.399 e. The van der Waals surface area contributed by atoms with Crippen molar-refractivity contribution in [1.82, 2.24) is 0 Å². The van der Waals surface area contributed by atoms with Crippen LogP contribution in [0.4, 0.5) is 24.5 Å². The third-order valence-corrected chi connectivity index (χ3v) is 3.02. The van der Waals surface area contributed by atoms with E-state index in [2.05, 4.69) is 5.32 Å². The van der Waals surface area contributed by atoms with Crippen molar-refractivity contribution < 1.29 is 18.0 Å². The Kier molecular flexibility index (Phi) is 3.88. The first-order chi connectivity index (χ1) is 9.79. The number of benzene rings is 2. The number of halogens is 3. The maximum Gasteiger partial charge on any atom is 0.258 e. The number of carbonyl (C=O) groups excluding carboxylic acids is 1. The summed E-state index contributed by atoms with van der Waals surface area (Å²) < 4.78 is 41.0. The van der Waals surface area contributed by atoms with Gasteiger partial charge in [-0.1, -0.05) is 0 Å². The molecule has 0 atom stereocenters. The number of amides is 1. The largest absolute Gasteiger partial charge is 0.399 e. The van der Waals surface area contributed by atoms with Gasteiger partial charge in [0.1, 0.15) is 17.5 Å². The van der Waals surface area contributed by atoms with Crippen LogP contribution in [0.2, 0.25) is 0 Å². The molecule has 0 bridgehead atoms. The van der Waals surface area contributed by atoms with E-state index in [1.54, 1.807) is 0 Å². The molecule has 0 fully saturated rings. The van der Waals surface area contributed by atoms with E-state index in [-0.39, 0.29) is 28.1 Å². The highest BCUT2D eigenvalue weighted by atomic mass is 19.1. The monoisotopic (exact) mass is 294 g/mol. The van der Waals surface area contributed by atoms with Gasteiger partial charge in [-0.3, -0.25) is 4.79 Å². The van der Waals surface area contributed by atoms with Gasteiger partial charge in [-0.25, -0.2) is 13.2 Å². The van der Waals surface area contributed by atoms with Crippen LogP contribution in [0.1, 0.15) is 21.5 Å². The van der Waals surface area contributed by atoms with Gasteiger partial charge in [-0.05, 0) is 43.2 Å². The fourth-order valence-electron chi connectivity index (χ4n) is 1.89. The number of rotatable bonds is 2. The predicted molar refractivity (Wildman–Crippen MR) is 74.6 cm³/mol. The van der Waals surface area contributed by atoms with Crippen LogP contribution in [-0.2, 0) is 0 Å². The summed E-state index contributed by atoms with van der Waals surface area (Å²) >= 11 is 0. The molecule has 0 aromatic heterocycles. The van der Waals surface area contributed by atoms with Gasteiger partial charge in [0, 0.05) is 11.8 Å². The van der Waals surface area contributed by atoms with Crippen molar-refractivity contribution in [2.24, 2.45) is 0 Å². The van der Waals surface area contributed by atoms with Crippen LogP contribution in [0.5, 0.6) is 0 Å². The third-order valence-electron chi connectivity index (χ3n) is 3.02. The topological polar surface area (TPSA) is 55.1 Å². The smallest absolute Gasteiger partial charge is 0.258 e. The molecule has 0 radical (unpaired) electrons. The van der Waals surface area contributed by atoms with Crippen molar-refractivity contribution in [2.75, 3.05) is 11.1 Å². The molecule has 0 spiro atoms. The van der Waals surface area contributed by atoms with Crippen molar-refractivity contribution in [3.8, 4) is 0 Å². The number of carbonyl (C=O) groups is 1. The highest BCUT2D eigenvalue weighted by Gasteiger charge is 2.17. The van der Waals surface area contributed by atoms with Crippen molar-refractivity contribution in [2.45, 2.75) is 13.8 Å². The minimum absolute atomic E-state index is 0.108. The third kappa shape index (κ3) is 2.99. The highest BCUT2D eigenvalue weighted by Crippen LogP contribution is 2.22. The second-order valence-corrected chi connectivity index (χ2v) is 4.73. The second kappa shape index (κ2) is 5.47. The van der Waals surface area contributed by atoms with Gasteiger partial charge in [0.05, 0.1) is 11.3 Å². The molecule has 0 heterocycles. The van der Waals surface area contributed by atoms with Crippen molar-refractivity contribution in [3.63, 3.8) is 0 Å². The minimum atomic E-state index is -0.898. The molecule has 2 aromatic rings. The molecule has 110 valence electrons. The quantitative estimate of drug-likeness (QED) is 0.832. The van der Waals surface area contributed by atoms with Crippen LogP contribution in [-0.4, -0.2) is 5.91 Å². The molecule has 0 aliphatic rings. The molecule has 2 aromatic carbocycles. The van der Waals surface area contributed by atoms with Crippen molar-refractivity contribution >= 4 is 17.3 Å². The Morgan fingerprint density at radius 1 is 1.00 bits per heavy atom. The summed E-state index contributed by atoms with van der Waals surface area (Å²) in [7, 11) is 0. The lowest BCUT2D eigenvalue weighted by atomic mass is 10.1. The molecule has 1 amide bonds. The lowest BCUT2D eigenvalue weighted by molar-refractivity contribution is 0.102. The normalized spacial score (nSPS) is 10.5. The SMILES string of the molecule is Cc1cc(F)c(NC(=O)c2cc(N)cc(C)c2F)cc1F. The Bertz CT molecular complexity index is 729. The van der Waals surface area contributed by atoms with E-state index in [0.717, 1.165) is 18.2 Å². The lowest BCUT2D eigenvalue weighted by Crippen LogP contribution is -2.16. The Morgan fingerprint density at radius 2 is 1.67 bits per heavy atom. The first kappa shape index (κ1) is 14.9. The Hall–Kier alpha value is -2.50. The van der Waals surface area contributed by atoms with Gasteiger partial charge in [-0.15, -0.1) is 0 Å². The number of nitrogens with two attached hydrogens (primary N) is 1. The van der Waals surface area contributed by atoms with E-state index >= 15 is 0 Å². The van der Waals surface area contributed by atoms with Gasteiger partial charge in [0.15, 0.2) is 0 Å². The summed E-state index contributed by atoms with van der Waals surface area (Å²) in [5.74, 6) is -3.13. The second-order valence-electron chi connectivity index (χ2n) is 4.73. The van der Waals surface area contributed by atoms with E-state index < -0.39 is 23.4 Å². The molecule has 0 saturated carbocycles. The average molecular weight is 294 g/mol. The lowest BCUT2D eigenvalue weighted by Gasteiger charge is -2.10. The molecule has 2 rings (SSSR count). The Labute approximate surface area is 119 Å². The summed E-state index contributed by atoms with van der Waals surface area (Å²) in [4.78, 5) is 12.0. The van der Waals surface area contributed by atoms with Crippen LogP contribution in [0.25, 0.3) is 0 Å². The molecule has 0 aliphatic carbocycles. The average Bonchev–Trinajstić information content (AvgIpc) is 2.40. The number of nitrogens with one attached hydrogen (secondary N) is 1. The van der Waals surface area contributed by atoms with Gasteiger partial charge in [0.2, 0.25) is 0 Å². The summed E-state index contributed by atoms with van der Waals surface area (Å²) in [6.07, 6.45) is 0. The zero-order chi connectivity index (χ0) is 15.7. The summed E-state index contributed by atoms with van der Waals surface area (Å²) in [5.41, 5.74) is 5.37. The van der Waals surface area contributed by atoms with Gasteiger partial charge < -0.3 is 11.1 Å². The fourth-order valence-corrected chi connectivity index (χ4v) is 1.89. The van der Waals surface area contributed by atoms with Gasteiger partial charge >= 0.3 is 0 Å². The Balaban J connectivity index is 2.37. The molecular weight excluding hydrogens is 281 g/mol. The Morgan fingerprint density at radius 3 is 2.33 bits per heavy atom. The van der Waals surface area contributed by atoms with E-state index in [1.165, 1.54) is 19.9 Å². The van der Waals surface area contributed by atoms with Crippen LogP contribution >= 0.6 is 0 Å². The maximum absolute atomic E-state index is 13.9. The molecule has 3 nitrogen and oxygen atoms in total. The molecule has 6 heteroatoms. The fraction of sp³-hybridized carbons (Fsp3) is 0.133. The van der Waals surface area contributed by atoms with Crippen LogP contribution in [0.3, 0.4) is 0 Å². The molecule has 0 unspecified atom stereocenters. The van der Waals surface area contributed by atoms with Crippen molar-refractivity contribution in [1.29, 1.82) is 0 Å². The number of aryl methyl sites for hydroxylation is 2. The van der Waals surface area contributed by atoms with Crippen molar-refractivity contribution in [3.05, 3.63) is 58.4 Å². The van der Waals surface area contributed by atoms with Gasteiger partial charge in [-0.2, -0.15) is 0 Å². The molecular formula is C15H13F3N2O. The highest BCUT2D eigenvalue weighted by molar-refractivity contribution is 6.05. The summed E-state index contributed by atoms with van der Waals surface area (Å²) in [6.45, 7) is 2.85. The zero-order valence-electron chi connectivity index (χ0n) is 11.4. The number of nitrogen functional groups attached to an aromatic ring is 1. The number of hydrogen-bond donors (Lipinski definition) is 2. The van der Waals surface area contributed by atoms with E-state index in [9.17, 15) is 18.0 Å². The first-order valence-electron chi connectivity index (χ1n) is 6.12. The zero-order valence-corrected chi connectivity index (χ0v) is 11.4. The first-order valence-corrected chi connectivity index (χ1v) is 6.12. The molecule has 0 saturated heterocycles. The number of anilines is 2. The van der Waals surface area contributed by atoms with Crippen LogP contribution in [0, 0.1) is 31.3 Å². The van der Waals surface area contributed by atoms with Crippen LogP contribution < -0.4 is 11.1 Å². The number of hydrogen-bond acceptors (Lipinski definition) is 2. The summed E-state index contributed by atoms with van der Waals surface area (Å²) in [5, 5.41) is 2.14.